The predicted octanol–water partition coefficient (Wildman–Crippen LogP) is 21.9. The van der Waals surface area contributed by atoms with Crippen LogP contribution in [0.2, 0.25) is 0 Å². The maximum absolute atomic E-state index is 12.5. The van der Waals surface area contributed by atoms with E-state index in [2.05, 4.69) is 43.5 Å². The van der Waals surface area contributed by atoms with Crippen LogP contribution in [0.25, 0.3) is 0 Å². The van der Waals surface area contributed by atoms with Gasteiger partial charge >= 0.3 is 5.97 Å². The molecule has 0 aromatic carbocycles. The first kappa shape index (κ1) is 74.1. The molecule has 2 atom stereocenters. The minimum atomic E-state index is -0.848. The van der Waals surface area contributed by atoms with Gasteiger partial charge in [-0.25, -0.2) is 0 Å². The summed E-state index contributed by atoms with van der Waals surface area (Å²) < 4.78 is 5.50. The zero-order valence-corrected chi connectivity index (χ0v) is 51.3. The third-order valence-corrected chi connectivity index (χ3v) is 15.9. The molecular formula is C70H133NO5. The van der Waals surface area contributed by atoms with Crippen LogP contribution in [0.3, 0.4) is 0 Å². The summed E-state index contributed by atoms with van der Waals surface area (Å²) in [6.45, 7) is 4.92. The molecule has 3 N–H and O–H groups in total. The number of nitrogens with one attached hydrogen (secondary N) is 1. The van der Waals surface area contributed by atoms with Gasteiger partial charge in [-0.1, -0.05) is 314 Å². The Balaban J connectivity index is 3.41. The summed E-state index contributed by atoms with van der Waals surface area (Å²) in [6, 6.07) is -0.632. The lowest BCUT2D eigenvalue weighted by Gasteiger charge is -2.20. The Kier molecular flexibility index (Phi) is 63.9. The Bertz CT molecular complexity index is 1230. The van der Waals surface area contributed by atoms with Crippen LogP contribution in [-0.2, 0) is 14.3 Å². The van der Waals surface area contributed by atoms with Crippen molar-refractivity contribution in [1.82, 2.24) is 5.32 Å². The molecule has 6 nitrogen and oxygen atoms in total. The van der Waals surface area contributed by atoms with E-state index in [1.54, 1.807) is 6.08 Å². The van der Waals surface area contributed by atoms with Crippen molar-refractivity contribution >= 4 is 11.9 Å². The summed E-state index contributed by atoms with van der Waals surface area (Å²) in [6.07, 6.45) is 83.5. The van der Waals surface area contributed by atoms with Gasteiger partial charge in [-0.15, -0.1) is 0 Å². The third kappa shape index (κ3) is 61.3. The van der Waals surface area contributed by atoms with E-state index in [9.17, 15) is 19.8 Å². The molecule has 0 saturated heterocycles. The lowest BCUT2D eigenvalue weighted by molar-refractivity contribution is -0.143. The molecule has 1 amide bonds. The average Bonchev–Trinajstić information content (AvgIpc) is 3.42. The van der Waals surface area contributed by atoms with Crippen LogP contribution in [0.4, 0.5) is 0 Å². The second kappa shape index (κ2) is 65.6. The van der Waals surface area contributed by atoms with Crippen LogP contribution >= 0.6 is 0 Å². The molecular weight excluding hydrogens is 935 g/mol. The number of unbranched alkanes of at least 4 members (excludes halogenated alkanes) is 49. The maximum atomic E-state index is 12.5. The summed E-state index contributed by atoms with van der Waals surface area (Å²) >= 11 is 0. The van der Waals surface area contributed by atoms with Gasteiger partial charge in [-0.05, 0) is 83.5 Å². The van der Waals surface area contributed by atoms with E-state index in [1.807, 2.05) is 6.08 Å². The molecule has 0 aliphatic rings. The molecule has 0 aromatic rings. The van der Waals surface area contributed by atoms with Crippen molar-refractivity contribution in [2.75, 3.05) is 13.2 Å². The summed E-state index contributed by atoms with van der Waals surface area (Å²) in [5, 5.41) is 23.2. The fraction of sp³-hybridized carbons (Fsp3) is 0.886. The van der Waals surface area contributed by atoms with E-state index in [0.717, 1.165) is 44.9 Å². The fourth-order valence-electron chi connectivity index (χ4n) is 10.6. The fourth-order valence-corrected chi connectivity index (χ4v) is 10.6. The van der Waals surface area contributed by atoms with Gasteiger partial charge in [0, 0.05) is 12.8 Å². The average molecular weight is 1070 g/mol. The monoisotopic (exact) mass is 1070 g/mol. The van der Waals surface area contributed by atoms with Gasteiger partial charge in [-0.2, -0.15) is 0 Å². The van der Waals surface area contributed by atoms with E-state index in [-0.39, 0.29) is 18.5 Å². The van der Waals surface area contributed by atoms with Crippen LogP contribution in [0, 0.1) is 0 Å². The number of allylic oxidation sites excluding steroid dienone is 5. The summed E-state index contributed by atoms with van der Waals surface area (Å²) in [4.78, 5) is 24.6. The lowest BCUT2D eigenvalue weighted by atomic mass is 10.0. The second-order valence-corrected chi connectivity index (χ2v) is 23.5. The minimum absolute atomic E-state index is 0.00953. The molecule has 0 aliphatic carbocycles. The highest BCUT2D eigenvalue weighted by Gasteiger charge is 2.18. The van der Waals surface area contributed by atoms with Crippen molar-refractivity contribution in [1.29, 1.82) is 0 Å². The number of hydrogen-bond acceptors (Lipinski definition) is 5. The quantitative estimate of drug-likeness (QED) is 0.0320. The summed E-state index contributed by atoms with van der Waals surface area (Å²) in [5.41, 5.74) is 0. The van der Waals surface area contributed by atoms with Gasteiger partial charge in [-0.3, -0.25) is 9.59 Å². The smallest absolute Gasteiger partial charge is 0.305 e. The number of ether oxygens (including phenoxy) is 1. The normalized spacial score (nSPS) is 12.7. The standard InChI is InChI=1S/C70H133NO5/c1-3-5-7-9-11-13-15-17-19-21-32-36-40-44-48-52-56-60-64-70(75)76-65-61-57-53-49-45-41-37-33-29-27-25-23-22-24-26-28-31-35-39-43-47-51-55-59-63-69(74)71-67(66-72)68(73)62-58-54-50-46-42-38-34-30-20-18-16-14-12-10-8-6-4-2/h19,21,24,26,58,62,67-68,72-73H,3-18,20,22-23,25,27-57,59-61,63-66H2,1-2H3,(H,71,74)/b21-19-,26-24-,62-58+. The van der Waals surface area contributed by atoms with E-state index in [1.165, 1.54) is 302 Å². The first-order valence-corrected chi connectivity index (χ1v) is 34.3. The second-order valence-electron chi connectivity index (χ2n) is 23.5. The Hall–Kier alpha value is -1.92. The van der Waals surface area contributed by atoms with Gasteiger partial charge in [0.05, 0.1) is 25.4 Å². The van der Waals surface area contributed by atoms with E-state index in [0.29, 0.717) is 19.4 Å². The topological polar surface area (TPSA) is 95.9 Å². The Labute approximate surface area is 474 Å². The lowest BCUT2D eigenvalue weighted by Crippen LogP contribution is -2.45. The van der Waals surface area contributed by atoms with E-state index < -0.39 is 12.1 Å². The Morgan fingerprint density at radius 3 is 0.934 bits per heavy atom. The van der Waals surface area contributed by atoms with Gasteiger partial charge < -0.3 is 20.3 Å². The Morgan fingerprint density at radius 1 is 0.355 bits per heavy atom. The molecule has 76 heavy (non-hydrogen) atoms. The van der Waals surface area contributed by atoms with Crippen LogP contribution in [0.15, 0.2) is 36.5 Å². The van der Waals surface area contributed by atoms with Crippen LogP contribution in [0.5, 0.6) is 0 Å². The van der Waals surface area contributed by atoms with Gasteiger partial charge in [0.15, 0.2) is 0 Å². The molecule has 0 heterocycles. The molecule has 0 aliphatic heterocycles. The summed E-state index contributed by atoms with van der Waals surface area (Å²) in [7, 11) is 0. The SMILES string of the molecule is CCCCCCCCC/C=C\CCCCCCCCCC(=O)OCCCCCCCCCCCCCC/C=C\CCCCCCCCCCC(=O)NC(CO)C(O)/C=C/CCCCCCCCCCCCCCCCC. The third-order valence-electron chi connectivity index (χ3n) is 15.9. The molecule has 0 fully saturated rings. The molecule has 0 saturated carbocycles. The number of hydrogen-bond donors (Lipinski definition) is 3. The number of carbonyl (C=O) groups excluding carboxylic acids is 2. The van der Waals surface area contributed by atoms with Crippen LogP contribution in [0.1, 0.15) is 373 Å². The number of amides is 1. The molecule has 0 rings (SSSR count). The zero-order chi connectivity index (χ0) is 55.0. The van der Waals surface area contributed by atoms with E-state index in [4.69, 9.17) is 4.74 Å². The van der Waals surface area contributed by atoms with Crippen molar-refractivity contribution in [3.05, 3.63) is 36.5 Å². The van der Waals surface area contributed by atoms with Crippen molar-refractivity contribution in [2.45, 2.75) is 386 Å². The first-order chi connectivity index (χ1) is 37.5. The highest BCUT2D eigenvalue weighted by atomic mass is 16.5. The molecule has 0 radical (unpaired) electrons. The zero-order valence-electron chi connectivity index (χ0n) is 51.3. The van der Waals surface area contributed by atoms with Crippen molar-refractivity contribution in [3.63, 3.8) is 0 Å². The number of aliphatic hydroxyl groups excluding tert-OH is 2. The van der Waals surface area contributed by atoms with Gasteiger partial charge in [0.2, 0.25) is 5.91 Å². The highest BCUT2D eigenvalue weighted by Crippen LogP contribution is 2.18. The molecule has 448 valence electrons. The number of aliphatic hydroxyl groups is 2. The molecule has 6 heteroatoms. The Morgan fingerprint density at radius 2 is 0.618 bits per heavy atom. The van der Waals surface area contributed by atoms with Crippen LogP contribution in [-0.4, -0.2) is 47.4 Å². The van der Waals surface area contributed by atoms with Crippen LogP contribution < -0.4 is 5.32 Å². The molecule has 0 spiro atoms. The predicted molar refractivity (Wildman–Crippen MR) is 333 cm³/mol. The first-order valence-electron chi connectivity index (χ1n) is 34.3. The van der Waals surface area contributed by atoms with Crippen molar-refractivity contribution < 1.29 is 24.5 Å². The largest absolute Gasteiger partial charge is 0.466 e. The number of carbonyl (C=O) groups is 2. The van der Waals surface area contributed by atoms with Crippen molar-refractivity contribution in [2.24, 2.45) is 0 Å². The van der Waals surface area contributed by atoms with Gasteiger partial charge in [0.25, 0.3) is 0 Å². The number of rotatable bonds is 64. The maximum Gasteiger partial charge on any atom is 0.305 e. The number of esters is 1. The van der Waals surface area contributed by atoms with Crippen molar-refractivity contribution in [3.8, 4) is 0 Å². The van der Waals surface area contributed by atoms with Gasteiger partial charge in [0.1, 0.15) is 0 Å². The van der Waals surface area contributed by atoms with E-state index >= 15 is 0 Å². The molecule has 0 aromatic heterocycles. The summed E-state index contributed by atoms with van der Waals surface area (Å²) in [5.74, 6) is -0.0607. The minimum Gasteiger partial charge on any atom is -0.466 e. The highest BCUT2D eigenvalue weighted by molar-refractivity contribution is 5.76. The molecule has 2 unspecified atom stereocenters. The molecule has 0 bridgehead atoms.